The minimum Gasteiger partial charge on any atom is -0.497 e. The molecule has 0 aliphatic carbocycles. The summed E-state index contributed by atoms with van der Waals surface area (Å²) < 4.78 is 22.3. The molecule has 2 aromatic carbocycles. The zero-order chi connectivity index (χ0) is 31.8. The Morgan fingerprint density at radius 1 is 0.810 bits per heavy atom. The van der Waals surface area contributed by atoms with Crippen LogP contribution < -0.4 is 15.1 Å². The second-order valence-corrected chi connectivity index (χ2v) is 13.0. The van der Waals surface area contributed by atoms with Crippen molar-refractivity contribution < 1.29 is 38.1 Å². The number of rotatable bonds is 3. The van der Waals surface area contributed by atoms with Crippen LogP contribution in [0.4, 0.5) is 20.1 Å². The minimum absolute atomic E-state index is 0.134. The van der Waals surface area contributed by atoms with E-state index < -0.39 is 46.5 Å². The molecule has 3 rings (SSSR count). The predicted molar refractivity (Wildman–Crippen MR) is 156 cm³/mol. The highest BCUT2D eigenvalue weighted by molar-refractivity contribution is 6.23. The highest BCUT2D eigenvalue weighted by atomic mass is 16.6. The molecule has 0 saturated heterocycles. The molecule has 228 valence electrons. The summed E-state index contributed by atoms with van der Waals surface area (Å²) in [5.41, 5.74) is -1.15. The van der Waals surface area contributed by atoms with Crippen molar-refractivity contribution in [2.75, 3.05) is 12.0 Å². The fraction of sp³-hybridized carbons (Fsp3) is 0.484. The Bertz CT molecular complexity index is 1370. The summed E-state index contributed by atoms with van der Waals surface area (Å²) >= 11 is 0. The average Bonchev–Trinajstić information content (AvgIpc) is 3.07. The van der Waals surface area contributed by atoms with Crippen LogP contribution in [-0.2, 0) is 24.5 Å². The maximum absolute atomic E-state index is 14.8. The molecule has 0 radical (unpaired) electrons. The van der Waals surface area contributed by atoms with Crippen LogP contribution in [0, 0.1) is 6.92 Å². The second-order valence-electron chi connectivity index (χ2n) is 13.0. The topological polar surface area (TPSA) is 124 Å². The van der Waals surface area contributed by atoms with E-state index in [1.54, 1.807) is 92.6 Å². The number of nitrogens with zero attached hydrogens (tertiary/aromatic N) is 2. The van der Waals surface area contributed by atoms with Gasteiger partial charge in [-0.25, -0.2) is 24.7 Å². The second kappa shape index (κ2) is 11.2. The molecular weight excluding hydrogens is 542 g/mol. The number of carbonyl (C=O) groups excluding carboxylic acids is 4. The summed E-state index contributed by atoms with van der Waals surface area (Å²) in [6.45, 7) is 16.8. The van der Waals surface area contributed by atoms with Crippen molar-refractivity contribution in [3.05, 3.63) is 59.2 Å². The first-order valence-corrected chi connectivity index (χ1v) is 13.6. The van der Waals surface area contributed by atoms with Crippen molar-refractivity contribution in [1.29, 1.82) is 0 Å². The number of nitrogens with one attached hydrogen (secondary N) is 1. The van der Waals surface area contributed by atoms with E-state index in [1.807, 2.05) is 6.92 Å². The van der Waals surface area contributed by atoms with Crippen molar-refractivity contribution in [1.82, 2.24) is 10.4 Å². The number of amides is 4. The number of imide groups is 1. The fourth-order valence-electron chi connectivity index (χ4n) is 4.39. The first kappa shape index (κ1) is 32.2. The van der Waals surface area contributed by atoms with E-state index in [-0.39, 0.29) is 16.8 Å². The minimum atomic E-state index is -2.15. The summed E-state index contributed by atoms with van der Waals surface area (Å²) in [4.78, 5) is 56.5. The van der Waals surface area contributed by atoms with Crippen molar-refractivity contribution >= 4 is 29.9 Å². The quantitative estimate of drug-likeness (QED) is 0.334. The van der Waals surface area contributed by atoms with Crippen molar-refractivity contribution in [2.45, 2.75) is 91.6 Å². The first-order chi connectivity index (χ1) is 19.2. The van der Waals surface area contributed by atoms with Crippen LogP contribution in [0.3, 0.4) is 0 Å². The SMILES string of the molecule is COc1ccc2c(c1)[C@@](c1ccc(C)cc1)(N(NC(=O)OC(C)(C)C)C(=O)OC(C)(C)C)C(=O)N2C(=O)OC(C)(C)C. The molecule has 0 saturated carbocycles. The zero-order valence-corrected chi connectivity index (χ0v) is 26.2. The lowest BCUT2D eigenvalue weighted by Crippen LogP contribution is -2.64. The third kappa shape index (κ3) is 6.78. The summed E-state index contributed by atoms with van der Waals surface area (Å²) in [6.07, 6.45) is -3.05. The Kier molecular flexibility index (Phi) is 8.59. The summed E-state index contributed by atoms with van der Waals surface area (Å²) in [6, 6.07) is 11.4. The molecule has 4 amide bonds. The summed E-state index contributed by atoms with van der Waals surface area (Å²) in [5.74, 6) is -0.545. The number of aryl methyl sites for hydroxylation is 1. The molecule has 0 spiro atoms. The zero-order valence-electron chi connectivity index (χ0n) is 26.2. The number of methoxy groups -OCH3 is 1. The highest BCUT2D eigenvalue weighted by Crippen LogP contribution is 2.50. The summed E-state index contributed by atoms with van der Waals surface area (Å²) in [7, 11) is 1.45. The number of fused-ring (bicyclic) bond motifs is 1. The lowest BCUT2D eigenvalue weighted by Gasteiger charge is -2.40. The Hall–Kier alpha value is -4.28. The van der Waals surface area contributed by atoms with E-state index in [4.69, 9.17) is 18.9 Å². The molecule has 1 aliphatic heterocycles. The molecule has 1 atom stereocenters. The van der Waals surface area contributed by atoms with Crippen LogP contribution in [-0.4, -0.2) is 53.1 Å². The van der Waals surface area contributed by atoms with Gasteiger partial charge < -0.3 is 18.9 Å². The van der Waals surface area contributed by atoms with Crippen LogP contribution >= 0.6 is 0 Å². The number of hydrogen-bond donors (Lipinski definition) is 1. The van der Waals surface area contributed by atoms with Gasteiger partial charge in [0.05, 0.1) is 12.8 Å². The van der Waals surface area contributed by atoms with E-state index in [0.29, 0.717) is 5.75 Å². The number of hydrogen-bond acceptors (Lipinski definition) is 8. The molecule has 2 aromatic rings. The fourth-order valence-corrected chi connectivity index (χ4v) is 4.39. The van der Waals surface area contributed by atoms with Gasteiger partial charge >= 0.3 is 18.3 Å². The van der Waals surface area contributed by atoms with Crippen molar-refractivity contribution in [2.24, 2.45) is 0 Å². The van der Waals surface area contributed by atoms with E-state index in [0.717, 1.165) is 15.5 Å². The molecule has 0 aromatic heterocycles. The van der Waals surface area contributed by atoms with Gasteiger partial charge in [-0.1, -0.05) is 29.8 Å². The van der Waals surface area contributed by atoms with Crippen LogP contribution in [0.5, 0.6) is 5.75 Å². The monoisotopic (exact) mass is 583 g/mol. The van der Waals surface area contributed by atoms with Gasteiger partial charge in [-0.15, -0.1) is 0 Å². The maximum Gasteiger partial charge on any atom is 0.431 e. The van der Waals surface area contributed by atoms with Gasteiger partial charge in [0.2, 0.25) is 0 Å². The Morgan fingerprint density at radius 3 is 1.86 bits per heavy atom. The molecule has 11 heteroatoms. The van der Waals surface area contributed by atoms with Gasteiger partial charge in [-0.05, 0) is 93.0 Å². The van der Waals surface area contributed by atoms with Crippen LogP contribution in [0.1, 0.15) is 79.0 Å². The van der Waals surface area contributed by atoms with Gasteiger partial charge in [-0.2, -0.15) is 5.01 Å². The molecule has 0 fully saturated rings. The molecule has 11 nitrogen and oxygen atoms in total. The largest absolute Gasteiger partial charge is 0.497 e. The molecule has 1 N–H and O–H groups in total. The number of benzene rings is 2. The Balaban J connectivity index is 2.43. The van der Waals surface area contributed by atoms with E-state index in [1.165, 1.54) is 19.2 Å². The Morgan fingerprint density at radius 2 is 1.36 bits per heavy atom. The van der Waals surface area contributed by atoms with Crippen LogP contribution in [0.25, 0.3) is 0 Å². The molecule has 1 aliphatic rings. The third-order valence-electron chi connectivity index (χ3n) is 5.91. The predicted octanol–water partition coefficient (Wildman–Crippen LogP) is 6.21. The number of carbonyl (C=O) groups is 4. The van der Waals surface area contributed by atoms with E-state index >= 15 is 0 Å². The van der Waals surface area contributed by atoms with Gasteiger partial charge in [-0.3, -0.25) is 4.79 Å². The molecular formula is C31H41N3O8. The number of hydrazine groups is 1. The van der Waals surface area contributed by atoms with E-state index in [9.17, 15) is 19.2 Å². The average molecular weight is 584 g/mol. The lowest BCUT2D eigenvalue weighted by molar-refractivity contribution is -0.129. The van der Waals surface area contributed by atoms with Crippen LogP contribution in [0.2, 0.25) is 0 Å². The van der Waals surface area contributed by atoms with Gasteiger partial charge in [0.1, 0.15) is 22.6 Å². The lowest BCUT2D eigenvalue weighted by atomic mass is 9.82. The Labute approximate surface area is 247 Å². The molecule has 0 bridgehead atoms. The first-order valence-electron chi connectivity index (χ1n) is 13.6. The van der Waals surface area contributed by atoms with Crippen molar-refractivity contribution in [3.63, 3.8) is 0 Å². The van der Waals surface area contributed by atoms with Gasteiger partial charge in [0, 0.05) is 5.56 Å². The summed E-state index contributed by atoms with van der Waals surface area (Å²) in [5, 5.41) is 0.780. The normalized spacial score (nSPS) is 16.8. The third-order valence-corrected chi connectivity index (χ3v) is 5.91. The van der Waals surface area contributed by atoms with Gasteiger partial charge in [0.15, 0.2) is 5.54 Å². The van der Waals surface area contributed by atoms with Gasteiger partial charge in [0.25, 0.3) is 5.91 Å². The van der Waals surface area contributed by atoms with Crippen LogP contribution in [0.15, 0.2) is 42.5 Å². The molecule has 42 heavy (non-hydrogen) atoms. The smallest absolute Gasteiger partial charge is 0.431 e. The molecule has 1 heterocycles. The van der Waals surface area contributed by atoms with E-state index in [2.05, 4.69) is 5.43 Å². The molecule has 0 unspecified atom stereocenters. The number of ether oxygens (including phenoxy) is 4. The maximum atomic E-state index is 14.8. The highest BCUT2D eigenvalue weighted by Gasteiger charge is 2.62. The van der Waals surface area contributed by atoms with Crippen molar-refractivity contribution in [3.8, 4) is 5.75 Å². The number of anilines is 1. The standard InChI is InChI=1S/C31H41N3O8/c1-19-12-14-20(15-13-19)31(34(27(38)42-30(8,9)10)32-25(36)40-28(2,3)4)22-18-21(39-11)16-17-23(22)33(24(31)35)26(37)41-29(5,6)7/h12-18H,1-11H3,(H,32,36)/t31-/m1/s1.